The van der Waals surface area contributed by atoms with Gasteiger partial charge < -0.3 is 9.84 Å². The summed E-state index contributed by atoms with van der Waals surface area (Å²) in [7, 11) is 0. The summed E-state index contributed by atoms with van der Waals surface area (Å²) in [4.78, 5) is 0. The highest BCUT2D eigenvalue weighted by molar-refractivity contribution is 5.22. The fourth-order valence-electron chi connectivity index (χ4n) is 1.86. The van der Waals surface area contributed by atoms with Crippen LogP contribution in [-0.2, 0) is 4.74 Å². The molecule has 18 heavy (non-hydrogen) atoms. The van der Waals surface area contributed by atoms with Gasteiger partial charge >= 0.3 is 0 Å². The molecule has 0 saturated carbocycles. The zero-order chi connectivity index (χ0) is 13.1. The summed E-state index contributed by atoms with van der Waals surface area (Å²) in [6.07, 6.45) is 8.36. The number of aliphatic hydroxyl groups excluding tert-OH is 1. The molecule has 0 saturated heterocycles. The van der Waals surface area contributed by atoms with Crippen LogP contribution in [0.15, 0.2) is 30.3 Å². The van der Waals surface area contributed by atoms with Crippen LogP contribution in [-0.4, -0.2) is 18.0 Å². The summed E-state index contributed by atoms with van der Waals surface area (Å²) in [6, 6.07) is 9.77. The Labute approximate surface area is 111 Å². The lowest BCUT2D eigenvalue weighted by Gasteiger charge is -2.11. The second kappa shape index (κ2) is 10.1. The van der Waals surface area contributed by atoms with Crippen LogP contribution in [0.4, 0.5) is 0 Å². The molecule has 0 aliphatic carbocycles. The van der Waals surface area contributed by atoms with Crippen molar-refractivity contribution in [1.82, 2.24) is 0 Å². The highest BCUT2D eigenvalue weighted by atomic mass is 16.6. The van der Waals surface area contributed by atoms with Gasteiger partial charge in [-0.25, -0.2) is 0 Å². The summed E-state index contributed by atoms with van der Waals surface area (Å²) in [6.45, 7) is 2.86. The number of hydrogen-bond donors (Lipinski definition) is 1. The van der Waals surface area contributed by atoms with Gasteiger partial charge in [0.1, 0.15) is 0 Å². The van der Waals surface area contributed by atoms with Crippen molar-refractivity contribution in [3.8, 4) is 0 Å². The van der Waals surface area contributed by atoms with Crippen LogP contribution in [0.1, 0.15) is 51.0 Å². The number of benzene rings is 1. The SMILES string of the molecule is CCCCCCCCOC(O)[CH]c1ccccc1. The second-order valence-electron chi connectivity index (χ2n) is 4.61. The number of aliphatic hydroxyl groups is 1. The third kappa shape index (κ3) is 7.46. The fourth-order valence-corrected chi connectivity index (χ4v) is 1.86. The van der Waals surface area contributed by atoms with Gasteiger partial charge in [0.25, 0.3) is 0 Å². The van der Waals surface area contributed by atoms with Gasteiger partial charge in [0.15, 0.2) is 6.29 Å². The minimum absolute atomic E-state index is 0.636. The van der Waals surface area contributed by atoms with Gasteiger partial charge in [0.2, 0.25) is 0 Å². The Morgan fingerprint density at radius 2 is 1.72 bits per heavy atom. The van der Waals surface area contributed by atoms with Crippen LogP contribution in [0, 0.1) is 6.42 Å². The summed E-state index contributed by atoms with van der Waals surface area (Å²) in [5, 5.41) is 9.67. The van der Waals surface area contributed by atoms with Crippen molar-refractivity contribution < 1.29 is 9.84 Å². The van der Waals surface area contributed by atoms with Crippen LogP contribution < -0.4 is 0 Å². The molecule has 1 rings (SSSR count). The molecule has 1 aromatic carbocycles. The highest BCUT2D eigenvalue weighted by Gasteiger charge is 2.05. The second-order valence-corrected chi connectivity index (χ2v) is 4.61. The lowest BCUT2D eigenvalue weighted by molar-refractivity contribution is -0.0740. The summed E-state index contributed by atoms with van der Waals surface area (Å²) in [5.74, 6) is 0. The molecule has 0 aromatic heterocycles. The monoisotopic (exact) mass is 249 g/mol. The first-order chi connectivity index (χ1) is 8.83. The smallest absolute Gasteiger partial charge is 0.162 e. The van der Waals surface area contributed by atoms with Crippen molar-refractivity contribution >= 4 is 0 Å². The maximum absolute atomic E-state index is 9.67. The van der Waals surface area contributed by atoms with Gasteiger partial charge in [-0.3, -0.25) is 0 Å². The standard InChI is InChI=1S/C16H25O2/c1-2-3-4-5-6-10-13-18-16(17)14-15-11-8-7-9-12-15/h7-9,11-12,14,16-17H,2-6,10,13H2,1H3. The zero-order valence-corrected chi connectivity index (χ0v) is 11.3. The molecule has 0 amide bonds. The Hall–Kier alpha value is -0.860. The van der Waals surface area contributed by atoms with E-state index in [1.165, 1.54) is 32.1 Å². The average Bonchev–Trinajstić information content (AvgIpc) is 2.39. The number of ether oxygens (including phenoxy) is 1. The van der Waals surface area contributed by atoms with Crippen molar-refractivity contribution in [1.29, 1.82) is 0 Å². The minimum atomic E-state index is -0.789. The molecular weight excluding hydrogens is 224 g/mol. The van der Waals surface area contributed by atoms with E-state index in [1.54, 1.807) is 6.42 Å². The van der Waals surface area contributed by atoms with Gasteiger partial charge in [0.05, 0.1) is 0 Å². The van der Waals surface area contributed by atoms with Crippen molar-refractivity contribution in [3.05, 3.63) is 42.3 Å². The average molecular weight is 249 g/mol. The van der Waals surface area contributed by atoms with Crippen LogP contribution in [0.25, 0.3) is 0 Å². The molecule has 0 spiro atoms. The van der Waals surface area contributed by atoms with Gasteiger partial charge in [-0.05, 0) is 12.0 Å². The van der Waals surface area contributed by atoms with Crippen LogP contribution in [0.2, 0.25) is 0 Å². The Kier molecular flexibility index (Phi) is 8.53. The maximum Gasteiger partial charge on any atom is 0.162 e. The summed E-state index contributed by atoms with van der Waals surface area (Å²) in [5.41, 5.74) is 0.993. The third-order valence-corrected chi connectivity index (χ3v) is 2.92. The molecule has 0 bridgehead atoms. The first kappa shape index (κ1) is 15.2. The fraction of sp³-hybridized carbons (Fsp3) is 0.562. The first-order valence-electron chi connectivity index (χ1n) is 7.02. The van der Waals surface area contributed by atoms with E-state index in [0.29, 0.717) is 6.61 Å². The minimum Gasteiger partial charge on any atom is -0.367 e. The molecule has 2 heteroatoms. The van der Waals surface area contributed by atoms with Crippen LogP contribution in [0.5, 0.6) is 0 Å². The predicted octanol–water partition coefficient (Wildman–Crippen LogP) is 3.93. The van der Waals surface area contributed by atoms with E-state index < -0.39 is 6.29 Å². The van der Waals surface area contributed by atoms with E-state index in [0.717, 1.165) is 12.0 Å². The number of unbranched alkanes of at least 4 members (excludes halogenated alkanes) is 5. The Morgan fingerprint density at radius 1 is 1.06 bits per heavy atom. The molecule has 1 N–H and O–H groups in total. The molecule has 0 heterocycles. The molecule has 1 radical (unpaired) electrons. The van der Waals surface area contributed by atoms with Crippen molar-refractivity contribution in [2.75, 3.05) is 6.61 Å². The summed E-state index contributed by atoms with van der Waals surface area (Å²) >= 11 is 0. The lowest BCUT2D eigenvalue weighted by atomic mass is 10.1. The van der Waals surface area contributed by atoms with E-state index in [-0.39, 0.29) is 0 Å². The van der Waals surface area contributed by atoms with Crippen LogP contribution in [0.3, 0.4) is 0 Å². The Bertz CT molecular complexity index is 284. The van der Waals surface area contributed by atoms with Gasteiger partial charge in [-0.2, -0.15) is 0 Å². The predicted molar refractivity (Wildman–Crippen MR) is 75.2 cm³/mol. The molecule has 1 unspecified atom stereocenters. The van der Waals surface area contributed by atoms with Gasteiger partial charge in [-0.1, -0.05) is 69.4 Å². The van der Waals surface area contributed by atoms with E-state index in [9.17, 15) is 5.11 Å². The Balaban J connectivity index is 1.99. The molecule has 2 nitrogen and oxygen atoms in total. The van der Waals surface area contributed by atoms with E-state index >= 15 is 0 Å². The van der Waals surface area contributed by atoms with Crippen molar-refractivity contribution in [2.45, 2.75) is 51.7 Å². The van der Waals surface area contributed by atoms with E-state index in [2.05, 4.69) is 6.92 Å². The van der Waals surface area contributed by atoms with Gasteiger partial charge in [0, 0.05) is 13.0 Å². The third-order valence-electron chi connectivity index (χ3n) is 2.92. The maximum atomic E-state index is 9.67. The van der Waals surface area contributed by atoms with Crippen LogP contribution >= 0.6 is 0 Å². The summed E-state index contributed by atoms with van der Waals surface area (Å²) < 4.78 is 5.35. The van der Waals surface area contributed by atoms with E-state index in [4.69, 9.17) is 4.74 Å². The van der Waals surface area contributed by atoms with E-state index in [1.807, 2.05) is 30.3 Å². The van der Waals surface area contributed by atoms with Gasteiger partial charge in [-0.15, -0.1) is 0 Å². The molecule has 101 valence electrons. The molecule has 0 fully saturated rings. The molecule has 0 aliphatic rings. The normalized spacial score (nSPS) is 12.6. The molecule has 1 atom stereocenters. The number of hydrogen-bond acceptors (Lipinski definition) is 2. The molecule has 0 aliphatic heterocycles. The Morgan fingerprint density at radius 3 is 2.44 bits per heavy atom. The largest absolute Gasteiger partial charge is 0.367 e. The lowest BCUT2D eigenvalue weighted by Crippen LogP contribution is -2.13. The van der Waals surface area contributed by atoms with Crippen molar-refractivity contribution in [3.63, 3.8) is 0 Å². The highest BCUT2D eigenvalue weighted by Crippen LogP contribution is 2.08. The van der Waals surface area contributed by atoms with Crippen molar-refractivity contribution in [2.24, 2.45) is 0 Å². The molecular formula is C16H25O2. The quantitative estimate of drug-likeness (QED) is 0.503. The zero-order valence-electron chi connectivity index (χ0n) is 11.3. The topological polar surface area (TPSA) is 29.5 Å². The number of rotatable bonds is 10. The molecule has 1 aromatic rings. The first-order valence-corrected chi connectivity index (χ1v) is 7.02.